The molecule has 23 heavy (non-hydrogen) atoms. The fraction of sp³-hybridized carbons (Fsp3) is 0.389. The van der Waals surface area contributed by atoms with Crippen LogP contribution in [0.5, 0.6) is 11.6 Å². The van der Waals surface area contributed by atoms with Crippen LogP contribution in [0.15, 0.2) is 36.4 Å². The molecular formula is C18H21N3O2. The zero-order valence-corrected chi connectivity index (χ0v) is 13.5. The number of benzene rings is 1. The first-order valence-corrected chi connectivity index (χ1v) is 8.03. The minimum Gasteiger partial charge on any atom is -0.438 e. The van der Waals surface area contributed by atoms with Gasteiger partial charge in [-0.05, 0) is 57.4 Å². The number of likely N-dealkylation sites (tertiary alicyclic amines) is 1. The number of hydrogen-bond donors (Lipinski definition) is 0. The van der Waals surface area contributed by atoms with Crippen LogP contribution in [0.4, 0.5) is 0 Å². The maximum absolute atomic E-state index is 12.7. The van der Waals surface area contributed by atoms with Crippen LogP contribution in [0, 0.1) is 6.92 Å². The Morgan fingerprint density at radius 3 is 2.83 bits per heavy atom. The van der Waals surface area contributed by atoms with E-state index < -0.39 is 0 Å². The van der Waals surface area contributed by atoms with E-state index in [9.17, 15) is 4.79 Å². The van der Waals surface area contributed by atoms with Crippen molar-refractivity contribution in [2.45, 2.75) is 39.2 Å². The van der Waals surface area contributed by atoms with Gasteiger partial charge in [0.2, 0.25) is 5.88 Å². The van der Waals surface area contributed by atoms with Crippen molar-refractivity contribution in [2.24, 2.45) is 0 Å². The smallest absolute Gasteiger partial charge is 0.254 e. The lowest BCUT2D eigenvalue weighted by Gasteiger charge is -2.33. The van der Waals surface area contributed by atoms with E-state index in [1.165, 1.54) is 6.42 Å². The van der Waals surface area contributed by atoms with Gasteiger partial charge in [-0.1, -0.05) is 6.07 Å². The van der Waals surface area contributed by atoms with Crippen LogP contribution in [0.1, 0.15) is 42.2 Å². The lowest BCUT2D eigenvalue weighted by molar-refractivity contribution is 0.0635. The SMILES string of the molecule is Cc1ccc(Oc2cccc(C(=O)N3CCCCC3C)c2)nn1. The average molecular weight is 311 g/mol. The number of carbonyl (C=O) groups is 1. The van der Waals surface area contributed by atoms with Gasteiger partial charge in [0, 0.05) is 24.2 Å². The molecule has 1 aliphatic heterocycles. The molecule has 2 aromatic rings. The molecule has 1 aromatic heterocycles. The van der Waals surface area contributed by atoms with Crippen molar-refractivity contribution in [1.82, 2.24) is 15.1 Å². The number of aryl methyl sites for hydroxylation is 1. The molecule has 1 saturated heterocycles. The first-order valence-electron chi connectivity index (χ1n) is 8.03. The van der Waals surface area contributed by atoms with Crippen molar-refractivity contribution in [2.75, 3.05) is 6.54 Å². The van der Waals surface area contributed by atoms with E-state index >= 15 is 0 Å². The van der Waals surface area contributed by atoms with Crippen molar-refractivity contribution >= 4 is 5.91 Å². The lowest BCUT2D eigenvalue weighted by atomic mass is 10.0. The topological polar surface area (TPSA) is 55.3 Å². The van der Waals surface area contributed by atoms with Crippen LogP contribution >= 0.6 is 0 Å². The third-order valence-corrected chi connectivity index (χ3v) is 4.14. The summed E-state index contributed by atoms with van der Waals surface area (Å²) < 4.78 is 5.69. The van der Waals surface area contributed by atoms with Gasteiger partial charge in [0.05, 0.1) is 5.69 Å². The van der Waals surface area contributed by atoms with Crippen LogP contribution in [-0.4, -0.2) is 33.6 Å². The number of nitrogens with zero attached hydrogens (tertiary/aromatic N) is 3. The first kappa shape index (κ1) is 15.5. The average Bonchev–Trinajstić information content (AvgIpc) is 2.57. The third kappa shape index (κ3) is 3.67. The fourth-order valence-electron chi connectivity index (χ4n) is 2.82. The van der Waals surface area contributed by atoms with Crippen molar-refractivity contribution in [3.05, 3.63) is 47.7 Å². The molecule has 0 saturated carbocycles. The predicted molar refractivity (Wildman–Crippen MR) is 87.6 cm³/mol. The zero-order chi connectivity index (χ0) is 16.2. The third-order valence-electron chi connectivity index (χ3n) is 4.14. The Balaban J connectivity index is 1.76. The number of hydrogen-bond acceptors (Lipinski definition) is 4. The largest absolute Gasteiger partial charge is 0.438 e. The van der Waals surface area contributed by atoms with E-state index in [1.54, 1.807) is 12.1 Å². The van der Waals surface area contributed by atoms with Crippen LogP contribution in [0.2, 0.25) is 0 Å². The Bertz CT molecular complexity index is 685. The van der Waals surface area contributed by atoms with Gasteiger partial charge in [0.15, 0.2) is 0 Å². The molecule has 1 fully saturated rings. The standard InChI is InChI=1S/C18H21N3O2/c1-13-9-10-17(20-19-13)23-16-8-5-7-15(12-16)18(22)21-11-4-3-6-14(21)2/h5,7-10,12,14H,3-4,6,11H2,1-2H3. The van der Waals surface area contributed by atoms with Crippen molar-refractivity contribution in [3.8, 4) is 11.6 Å². The van der Waals surface area contributed by atoms with Gasteiger partial charge in [0.1, 0.15) is 5.75 Å². The number of rotatable bonds is 3. The Kier molecular flexibility index (Phi) is 4.55. The van der Waals surface area contributed by atoms with E-state index in [0.717, 1.165) is 25.1 Å². The van der Waals surface area contributed by atoms with E-state index in [4.69, 9.17) is 4.74 Å². The molecule has 2 heterocycles. The number of carbonyl (C=O) groups excluding carboxylic acids is 1. The summed E-state index contributed by atoms with van der Waals surface area (Å²) in [6, 6.07) is 11.2. The maximum Gasteiger partial charge on any atom is 0.254 e. The van der Waals surface area contributed by atoms with Crippen LogP contribution in [0.25, 0.3) is 0 Å². The summed E-state index contributed by atoms with van der Waals surface area (Å²) in [6.07, 6.45) is 3.34. The van der Waals surface area contributed by atoms with Gasteiger partial charge in [-0.25, -0.2) is 0 Å². The highest BCUT2D eigenvalue weighted by Crippen LogP contribution is 2.23. The second-order valence-electron chi connectivity index (χ2n) is 5.99. The van der Waals surface area contributed by atoms with Crippen molar-refractivity contribution in [1.29, 1.82) is 0 Å². The van der Waals surface area contributed by atoms with Crippen molar-refractivity contribution in [3.63, 3.8) is 0 Å². The van der Waals surface area contributed by atoms with E-state index in [1.807, 2.05) is 36.1 Å². The Hall–Kier alpha value is -2.43. The summed E-state index contributed by atoms with van der Waals surface area (Å²) in [7, 11) is 0. The quantitative estimate of drug-likeness (QED) is 0.869. The molecule has 0 aliphatic carbocycles. The van der Waals surface area contributed by atoms with Gasteiger partial charge in [-0.3, -0.25) is 4.79 Å². The van der Waals surface area contributed by atoms with Gasteiger partial charge in [-0.15, -0.1) is 5.10 Å². The fourth-order valence-corrected chi connectivity index (χ4v) is 2.82. The monoisotopic (exact) mass is 311 g/mol. The van der Waals surface area contributed by atoms with Crippen LogP contribution in [0.3, 0.4) is 0 Å². The maximum atomic E-state index is 12.7. The summed E-state index contributed by atoms with van der Waals surface area (Å²) in [4.78, 5) is 14.7. The highest BCUT2D eigenvalue weighted by molar-refractivity contribution is 5.94. The van der Waals surface area contributed by atoms with E-state index in [-0.39, 0.29) is 5.91 Å². The van der Waals surface area contributed by atoms with Gasteiger partial charge < -0.3 is 9.64 Å². The van der Waals surface area contributed by atoms with Gasteiger partial charge in [-0.2, -0.15) is 5.10 Å². The summed E-state index contributed by atoms with van der Waals surface area (Å²) in [6.45, 7) is 4.81. The first-order chi connectivity index (χ1) is 11.1. The van der Waals surface area contributed by atoms with E-state index in [2.05, 4.69) is 17.1 Å². The molecule has 3 rings (SSSR count). The minimum atomic E-state index is 0.0673. The highest BCUT2D eigenvalue weighted by atomic mass is 16.5. The molecule has 0 spiro atoms. The molecule has 0 N–H and O–H groups in total. The second kappa shape index (κ2) is 6.77. The molecule has 5 nitrogen and oxygen atoms in total. The summed E-state index contributed by atoms with van der Waals surface area (Å²) >= 11 is 0. The molecular weight excluding hydrogens is 290 g/mol. The Morgan fingerprint density at radius 2 is 2.09 bits per heavy atom. The molecule has 0 bridgehead atoms. The number of ether oxygens (including phenoxy) is 1. The zero-order valence-electron chi connectivity index (χ0n) is 13.5. The number of piperidine rings is 1. The molecule has 1 amide bonds. The summed E-state index contributed by atoms with van der Waals surface area (Å²) in [5.74, 6) is 1.09. The second-order valence-corrected chi connectivity index (χ2v) is 5.99. The molecule has 5 heteroatoms. The van der Waals surface area contributed by atoms with Gasteiger partial charge in [0.25, 0.3) is 5.91 Å². The molecule has 1 atom stereocenters. The van der Waals surface area contributed by atoms with Crippen LogP contribution < -0.4 is 4.74 Å². The molecule has 120 valence electrons. The van der Waals surface area contributed by atoms with Crippen molar-refractivity contribution < 1.29 is 9.53 Å². The summed E-state index contributed by atoms with van der Waals surface area (Å²) in [5.41, 5.74) is 1.48. The predicted octanol–water partition coefficient (Wildman–Crippen LogP) is 3.59. The highest BCUT2D eigenvalue weighted by Gasteiger charge is 2.24. The van der Waals surface area contributed by atoms with Crippen LogP contribution in [-0.2, 0) is 0 Å². The molecule has 1 aliphatic rings. The minimum absolute atomic E-state index is 0.0673. The lowest BCUT2D eigenvalue weighted by Crippen LogP contribution is -2.42. The number of aromatic nitrogens is 2. The molecule has 0 radical (unpaired) electrons. The van der Waals surface area contributed by atoms with E-state index in [0.29, 0.717) is 23.2 Å². The van der Waals surface area contributed by atoms with Gasteiger partial charge >= 0.3 is 0 Å². The number of amides is 1. The Morgan fingerprint density at radius 1 is 1.22 bits per heavy atom. The molecule has 1 unspecified atom stereocenters. The Labute approximate surface area is 136 Å². The summed E-state index contributed by atoms with van der Waals surface area (Å²) in [5, 5.41) is 7.95. The normalized spacial score (nSPS) is 17.8. The molecule has 1 aromatic carbocycles.